The largest absolute Gasteiger partial charge is 0.384 e. The fourth-order valence-corrected chi connectivity index (χ4v) is 1.46. The van der Waals surface area contributed by atoms with Crippen molar-refractivity contribution in [3.8, 4) is 0 Å². The maximum Gasteiger partial charge on any atom is 0.124 e. The van der Waals surface area contributed by atoms with Crippen LogP contribution in [0.5, 0.6) is 0 Å². The van der Waals surface area contributed by atoms with Crippen LogP contribution in [0.4, 0.5) is 5.82 Å². The lowest BCUT2D eigenvalue weighted by Gasteiger charge is -2.18. The van der Waals surface area contributed by atoms with Gasteiger partial charge in [-0.2, -0.15) is 0 Å². The minimum atomic E-state index is 0.110. The number of fused-ring (bicyclic) bond motifs is 1. The van der Waals surface area contributed by atoms with Gasteiger partial charge in [0, 0.05) is 11.6 Å². The topological polar surface area (TPSA) is 51.8 Å². The minimum Gasteiger partial charge on any atom is -0.384 e. The molecule has 0 atom stereocenters. The number of hydrogen-bond donors (Lipinski definition) is 1. The van der Waals surface area contributed by atoms with Crippen LogP contribution in [0.25, 0.3) is 10.9 Å². The second-order valence-electron chi connectivity index (χ2n) is 4.78. The van der Waals surface area contributed by atoms with Crippen molar-refractivity contribution in [2.75, 3.05) is 5.73 Å². The third kappa shape index (κ3) is 1.91. The third-order valence-corrected chi connectivity index (χ3v) is 2.45. The van der Waals surface area contributed by atoms with Gasteiger partial charge in [-0.3, -0.25) is 4.98 Å². The van der Waals surface area contributed by atoms with E-state index in [1.54, 1.807) is 6.20 Å². The molecule has 2 N–H and O–H groups in total. The molecule has 0 aliphatic carbocycles. The zero-order chi connectivity index (χ0) is 11.1. The van der Waals surface area contributed by atoms with Crippen molar-refractivity contribution < 1.29 is 0 Å². The van der Waals surface area contributed by atoms with E-state index in [0.717, 1.165) is 10.9 Å². The summed E-state index contributed by atoms with van der Waals surface area (Å²) in [6, 6.07) is 3.98. The molecular formula is C12H15N3. The first kappa shape index (κ1) is 9.90. The Bertz CT molecular complexity index is 498. The molecule has 0 fully saturated rings. The average Bonchev–Trinajstić information content (AvgIpc) is 2.15. The molecule has 0 unspecified atom stereocenters. The van der Waals surface area contributed by atoms with Gasteiger partial charge in [0.1, 0.15) is 5.82 Å². The molecule has 0 bridgehead atoms. The molecular weight excluding hydrogens is 186 g/mol. The van der Waals surface area contributed by atoms with E-state index in [1.165, 1.54) is 5.56 Å². The summed E-state index contributed by atoms with van der Waals surface area (Å²) in [5.41, 5.74) is 7.85. The van der Waals surface area contributed by atoms with Gasteiger partial charge in [-0.15, -0.1) is 0 Å². The molecule has 3 nitrogen and oxygen atoms in total. The second kappa shape index (κ2) is 3.19. The molecule has 0 saturated carbocycles. The number of rotatable bonds is 0. The van der Waals surface area contributed by atoms with Crippen molar-refractivity contribution in [3.05, 3.63) is 30.1 Å². The summed E-state index contributed by atoms with van der Waals surface area (Å²) in [6.07, 6.45) is 3.61. The van der Waals surface area contributed by atoms with Crippen LogP contribution in [0, 0.1) is 0 Å². The monoisotopic (exact) mass is 201 g/mol. The molecule has 78 valence electrons. The predicted octanol–water partition coefficient (Wildman–Crippen LogP) is 2.51. The fourth-order valence-electron chi connectivity index (χ4n) is 1.46. The van der Waals surface area contributed by atoms with E-state index in [-0.39, 0.29) is 5.41 Å². The first-order valence-electron chi connectivity index (χ1n) is 4.98. The summed E-state index contributed by atoms with van der Waals surface area (Å²) in [5.74, 6) is 0.537. The molecule has 3 heteroatoms. The van der Waals surface area contributed by atoms with Crippen molar-refractivity contribution in [1.82, 2.24) is 9.97 Å². The predicted molar refractivity (Wildman–Crippen MR) is 62.7 cm³/mol. The Morgan fingerprint density at radius 2 is 1.80 bits per heavy atom. The van der Waals surface area contributed by atoms with Crippen molar-refractivity contribution in [1.29, 1.82) is 0 Å². The average molecular weight is 201 g/mol. The van der Waals surface area contributed by atoms with Gasteiger partial charge in [-0.25, -0.2) is 4.98 Å². The number of hydrogen-bond acceptors (Lipinski definition) is 3. The lowest BCUT2D eigenvalue weighted by Crippen LogP contribution is -2.11. The molecule has 0 aliphatic rings. The summed E-state index contributed by atoms with van der Waals surface area (Å²) in [4.78, 5) is 8.39. The molecule has 2 aromatic heterocycles. The van der Waals surface area contributed by atoms with Gasteiger partial charge in [0.05, 0.1) is 11.7 Å². The fraction of sp³-hybridized carbons (Fsp3) is 0.333. The standard InChI is InChI=1S/C12H15N3/c1-12(2,3)9-4-8-5-11(13)15-7-10(8)14-6-9/h4-7H,1-3H3,(H2,13,15). The summed E-state index contributed by atoms with van der Waals surface area (Å²) >= 11 is 0. The van der Waals surface area contributed by atoms with Gasteiger partial charge in [0.15, 0.2) is 0 Å². The van der Waals surface area contributed by atoms with Gasteiger partial charge in [0.25, 0.3) is 0 Å². The van der Waals surface area contributed by atoms with Crippen LogP contribution in [-0.2, 0) is 5.41 Å². The Morgan fingerprint density at radius 3 is 2.47 bits per heavy atom. The van der Waals surface area contributed by atoms with Gasteiger partial charge in [0.2, 0.25) is 0 Å². The first-order chi connectivity index (χ1) is 6.97. The van der Waals surface area contributed by atoms with E-state index in [0.29, 0.717) is 5.82 Å². The zero-order valence-electron chi connectivity index (χ0n) is 9.28. The van der Waals surface area contributed by atoms with Crippen LogP contribution in [0.3, 0.4) is 0 Å². The maximum atomic E-state index is 5.64. The van der Waals surface area contributed by atoms with Crippen LogP contribution in [0.1, 0.15) is 26.3 Å². The van der Waals surface area contributed by atoms with E-state index < -0.39 is 0 Å². The lowest BCUT2D eigenvalue weighted by atomic mass is 9.88. The Balaban J connectivity index is 2.64. The lowest BCUT2D eigenvalue weighted by molar-refractivity contribution is 0.588. The molecule has 15 heavy (non-hydrogen) atoms. The molecule has 0 radical (unpaired) electrons. The van der Waals surface area contributed by atoms with Gasteiger partial charge in [-0.1, -0.05) is 20.8 Å². The highest BCUT2D eigenvalue weighted by Gasteiger charge is 2.14. The Labute approximate surface area is 89.4 Å². The number of aromatic nitrogens is 2. The Hall–Kier alpha value is -1.64. The van der Waals surface area contributed by atoms with E-state index in [2.05, 4.69) is 36.8 Å². The van der Waals surface area contributed by atoms with Crippen molar-refractivity contribution in [2.24, 2.45) is 0 Å². The normalized spacial score (nSPS) is 11.9. The van der Waals surface area contributed by atoms with E-state index in [4.69, 9.17) is 5.73 Å². The highest BCUT2D eigenvalue weighted by Crippen LogP contribution is 2.24. The van der Waals surface area contributed by atoms with E-state index in [1.807, 2.05) is 12.3 Å². The summed E-state index contributed by atoms with van der Waals surface area (Å²) < 4.78 is 0. The Morgan fingerprint density at radius 1 is 1.07 bits per heavy atom. The molecule has 2 heterocycles. The van der Waals surface area contributed by atoms with Gasteiger partial charge >= 0.3 is 0 Å². The minimum absolute atomic E-state index is 0.110. The third-order valence-electron chi connectivity index (χ3n) is 2.45. The Kier molecular flexibility index (Phi) is 2.11. The maximum absolute atomic E-state index is 5.64. The number of nitrogens with two attached hydrogens (primary N) is 1. The summed E-state index contributed by atoms with van der Waals surface area (Å²) in [5, 5.41) is 1.05. The molecule has 2 aromatic rings. The molecule has 0 aliphatic heterocycles. The van der Waals surface area contributed by atoms with Crippen LogP contribution in [0.2, 0.25) is 0 Å². The molecule has 0 spiro atoms. The molecule has 0 aromatic carbocycles. The van der Waals surface area contributed by atoms with Gasteiger partial charge < -0.3 is 5.73 Å². The quantitative estimate of drug-likeness (QED) is 0.712. The highest BCUT2D eigenvalue weighted by molar-refractivity contribution is 5.80. The molecule has 2 rings (SSSR count). The molecule has 0 saturated heterocycles. The highest BCUT2D eigenvalue weighted by atomic mass is 14.8. The number of nitrogen functional groups attached to an aromatic ring is 1. The number of nitrogens with zero attached hydrogens (tertiary/aromatic N) is 2. The van der Waals surface area contributed by atoms with Gasteiger partial charge in [-0.05, 0) is 23.1 Å². The number of pyridine rings is 2. The zero-order valence-corrected chi connectivity index (χ0v) is 9.28. The van der Waals surface area contributed by atoms with E-state index >= 15 is 0 Å². The number of anilines is 1. The SMILES string of the molecule is CC(C)(C)c1cnc2cnc(N)cc2c1. The van der Waals surface area contributed by atoms with E-state index in [9.17, 15) is 0 Å². The van der Waals surface area contributed by atoms with Crippen LogP contribution in [-0.4, -0.2) is 9.97 Å². The van der Waals surface area contributed by atoms with Crippen molar-refractivity contribution >= 4 is 16.7 Å². The van der Waals surface area contributed by atoms with Crippen LogP contribution in [0.15, 0.2) is 24.5 Å². The first-order valence-corrected chi connectivity index (χ1v) is 4.98. The van der Waals surface area contributed by atoms with Crippen LogP contribution < -0.4 is 5.73 Å². The van der Waals surface area contributed by atoms with Crippen LogP contribution >= 0.6 is 0 Å². The summed E-state index contributed by atoms with van der Waals surface area (Å²) in [7, 11) is 0. The molecule has 0 amide bonds. The summed E-state index contributed by atoms with van der Waals surface area (Å²) in [6.45, 7) is 6.50. The smallest absolute Gasteiger partial charge is 0.124 e. The second-order valence-corrected chi connectivity index (χ2v) is 4.78. The van der Waals surface area contributed by atoms with Crippen molar-refractivity contribution in [2.45, 2.75) is 26.2 Å². The van der Waals surface area contributed by atoms with Crippen molar-refractivity contribution in [3.63, 3.8) is 0 Å².